The van der Waals surface area contributed by atoms with Crippen LogP contribution in [0.25, 0.3) is 0 Å². The molecule has 3 rings (SSSR count). The van der Waals surface area contributed by atoms with E-state index in [9.17, 15) is 22.8 Å². The number of anilines is 1. The van der Waals surface area contributed by atoms with Gasteiger partial charge in [-0.3, -0.25) is 14.5 Å². The van der Waals surface area contributed by atoms with E-state index in [0.29, 0.717) is 24.3 Å². The Balaban J connectivity index is 1.71. The Hall–Kier alpha value is -1.77. The van der Waals surface area contributed by atoms with Gasteiger partial charge in [0.25, 0.3) is 5.91 Å². The van der Waals surface area contributed by atoms with Crippen molar-refractivity contribution in [1.29, 1.82) is 0 Å². The van der Waals surface area contributed by atoms with E-state index in [0.717, 1.165) is 4.47 Å². The first-order valence-corrected chi connectivity index (χ1v) is 9.14. The van der Waals surface area contributed by atoms with Crippen LogP contribution in [0.5, 0.6) is 5.75 Å². The summed E-state index contributed by atoms with van der Waals surface area (Å²) in [4.78, 5) is 25.7. The largest absolute Gasteiger partial charge is 0.482 e. The molecule has 1 aliphatic heterocycles. The van der Waals surface area contributed by atoms with Gasteiger partial charge in [0.15, 0.2) is 6.61 Å². The number of fused-ring (bicyclic) bond motifs is 1. The SMILES string of the molecule is O=C(CN1C(=O)COc2cc(Br)ccc21)NC1CCCCC1C(F)(F)F. The third-order valence-corrected chi connectivity index (χ3v) is 5.19. The molecule has 2 aliphatic rings. The molecule has 1 aromatic carbocycles. The molecule has 1 aliphatic carbocycles. The lowest BCUT2D eigenvalue weighted by molar-refractivity contribution is -0.189. The van der Waals surface area contributed by atoms with Crippen LogP contribution in [0.15, 0.2) is 22.7 Å². The predicted octanol–water partition coefficient (Wildman–Crippen LogP) is 3.41. The number of rotatable bonds is 3. The summed E-state index contributed by atoms with van der Waals surface area (Å²) in [6, 6.07) is 4.06. The number of carbonyl (C=O) groups excluding carboxylic acids is 2. The van der Waals surface area contributed by atoms with Crippen molar-refractivity contribution in [3.8, 4) is 5.75 Å². The van der Waals surface area contributed by atoms with Crippen molar-refractivity contribution in [3.63, 3.8) is 0 Å². The number of alkyl halides is 3. The third-order valence-electron chi connectivity index (χ3n) is 4.70. The van der Waals surface area contributed by atoms with E-state index in [4.69, 9.17) is 4.74 Å². The Labute approximate surface area is 157 Å². The van der Waals surface area contributed by atoms with Crippen LogP contribution in [0.3, 0.4) is 0 Å². The Bertz CT molecular complexity index is 711. The third kappa shape index (κ3) is 4.13. The molecule has 0 spiro atoms. The lowest BCUT2D eigenvalue weighted by atomic mass is 9.84. The summed E-state index contributed by atoms with van der Waals surface area (Å²) < 4.78 is 45.6. The molecule has 1 fully saturated rings. The number of ether oxygens (including phenoxy) is 1. The van der Waals surface area contributed by atoms with E-state index in [-0.39, 0.29) is 26.0 Å². The molecule has 1 aromatic rings. The fourth-order valence-corrected chi connectivity index (χ4v) is 3.78. The molecule has 0 aromatic heterocycles. The van der Waals surface area contributed by atoms with Gasteiger partial charge < -0.3 is 10.1 Å². The number of nitrogens with one attached hydrogen (secondary N) is 1. The number of halogens is 4. The highest BCUT2D eigenvalue weighted by Crippen LogP contribution is 2.38. The second-order valence-corrected chi connectivity index (χ2v) is 7.40. The van der Waals surface area contributed by atoms with E-state index in [2.05, 4.69) is 21.2 Å². The Morgan fingerprint density at radius 3 is 2.77 bits per heavy atom. The highest BCUT2D eigenvalue weighted by atomic mass is 79.9. The maximum atomic E-state index is 13.2. The van der Waals surface area contributed by atoms with Crippen molar-refractivity contribution in [2.75, 3.05) is 18.1 Å². The average Bonchev–Trinajstić information content (AvgIpc) is 2.57. The van der Waals surface area contributed by atoms with Crippen LogP contribution in [0.4, 0.5) is 18.9 Å². The highest BCUT2D eigenvalue weighted by molar-refractivity contribution is 9.10. The Morgan fingerprint density at radius 2 is 2.04 bits per heavy atom. The normalized spacial score (nSPS) is 23.2. The monoisotopic (exact) mass is 434 g/mol. The van der Waals surface area contributed by atoms with Crippen molar-refractivity contribution >= 4 is 33.4 Å². The zero-order chi connectivity index (χ0) is 18.9. The number of hydrogen-bond acceptors (Lipinski definition) is 3. The fraction of sp³-hybridized carbons (Fsp3) is 0.529. The molecule has 0 saturated heterocycles. The van der Waals surface area contributed by atoms with Crippen LogP contribution in [-0.4, -0.2) is 37.2 Å². The first-order chi connectivity index (χ1) is 12.3. The standard InChI is InChI=1S/C17H18BrF3N2O3/c18-10-5-6-13-14(7-10)26-9-16(25)23(13)8-15(24)22-12-4-2-1-3-11(12)17(19,20)21/h5-7,11-12H,1-4,8-9H2,(H,22,24). The summed E-state index contributed by atoms with van der Waals surface area (Å²) in [5.41, 5.74) is 0.426. The smallest absolute Gasteiger partial charge is 0.393 e. The molecule has 0 radical (unpaired) electrons. The molecular formula is C17H18BrF3N2O3. The van der Waals surface area contributed by atoms with Gasteiger partial charge in [-0.25, -0.2) is 0 Å². The zero-order valence-corrected chi connectivity index (χ0v) is 15.4. The van der Waals surface area contributed by atoms with Gasteiger partial charge in [0, 0.05) is 10.5 Å². The van der Waals surface area contributed by atoms with Gasteiger partial charge >= 0.3 is 6.18 Å². The molecule has 2 atom stereocenters. The molecule has 5 nitrogen and oxygen atoms in total. The first-order valence-electron chi connectivity index (χ1n) is 8.34. The van der Waals surface area contributed by atoms with Crippen LogP contribution in [0.2, 0.25) is 0 Å². The van der Waals surface area contributed by atoms with Gasteiger partial charge in [0.2, 0.25) is 5.91 Å². The molecule has 26 heavy (non-hydrogen) atoms. The minimum Gasteiger partial charge on any atom is -0.482 e. The maximum Gasteiger partial charge on any atom is 0.393 e. The van der Waals surface area contributed by atoms with Crippen molar-refractivity contribution < 1.29 is 27.5 Å². The predicted molar refractivity (Wildman–Crippen MR) is 91.9 cm³/mol. The van der Waals surface area contributed by atoms with Gasteiger partial charge in [0.05, 0.1) is 11.6 Å². The lowest BCUT2D eigenvalue weighted by Gasteiger charge is -2.34. The van der Waals surface area contributed by atoms with Crippen molar-refractivity contribution in [1.82, 2.24) is 5.32 Å². The quantitative estimate of drug-likeness (QED) is 0.792. The molecule has 2 unspecified atom stereocenters. The van der Waals surface area contributed by atoms with Crippen LogP contribution in [0.1, 0.15) is 25.7 Å². The Kier molecular flexibility index (Phi) is 5.45. The highest BCUT2D eigenvalue weighted by Gasteiger charge is 2.46. The van der Waals surface area contributed by atoms with Crippen molar-refractivity contribution in [2.45, 2.75) is 37.9 Å². The van der Waals surface area contributed by atoms with Crippen LogP contribution in [0, 0.1) is 5.92 Å². The number of amides is 2. The van der Waals surface area contributed by atoms with Crippen molar-refractivity contribution in [2.24, 2.45) is 5.92 Å². The summed E-state index contributed by atoms with van der Waals surface area (Å²) >= 11 is 3.30. The molecule has 1 heterocycles. The second-order valence-electron chi connectivity index (χ2n) is 6.49. The second kappa shape index (κ2) is 7.46. The van der Waals surface area contributed by atoms with E-state index < -0.39 is 30.0 Å². The molecule has 9 heteroatoms. The number of benzene rings is 1. The molecule has 1 saturated carbocycles. The van der Waals surface area contributed by atoms with E-state index in [1.807, 2.05) is 0 Å². The Morgan fingerprint density at radius 1 is 1.31 bits per heavy atom. The van der Waals surface area contributed by atoms with Crippen molar-refractivity contribution in [3.05, 3.63) is 22.7 Å². The fourth-order valence-electron chi connectivity index (χ4n) is 3.44. The van der Waals surface area contributed by atoms with Gasteiger partial charge in [-0.15, -0.1) is 0 Å². The molecule has 1 N–H and O–H groups in total. The van der Waals surface area contributed by atoms with Gasteiger partial charge in [-0.2, -0.15) is 13.2 Å². The maximum absolute atomic E-state index is 13.2. The summed E-state index contributed by atoms with van der Waals surface area (Å²) in [5.74, 6) is -2.11. The first kappa shape index (κ1) is 19.0. The number of carbonyl (C=O) groups is 2. The summed E-state index contributed by atoms with van der Waals surface area (Å²) in [6.07, 6.45) is -2.89. The van der Waals surface area contributed by atoms with Crippen LogP contribution >= 0.6 is 15.9 Å². The summed E-state index contributed by atoms with van der Waals surface area (Å²) in [6.45, 7) is -0.552. The zero-order valence-electron chi connectivity index (χ0n) is 13.8. The minimum absolute atomic E-state index is 0.0157. The van der Waals surface area contributed by atoms with E-state index >= 15 is 0 Å². The van der Waals surface area contributed by atoms with E-state index in [1.54, 1.807) is 18.2 Å². The average molecular weight is 435 g/mol. The molecule has 142 valence electrons. The molecule has 2 amide bonds. The van der Waals surface area contributed by atoms with Crippen LogP contribution in [-0.2, 0) is 9.59 Å². The molecular weight excluding hydrogens is 417 g/mol. The van der Waals surface area contributed by atoms with E-state index in [1.165, 1.54) is 4.90 Å². The molecule has 0 bridgehead atoms. The topological polar surface area (TPSA) is 58.6 Å². The van der Waals surface area contributed by atoms with Gasteiger partial charge in [-0.05, 0) is 31.0 Å². The number of nitrogens with zero attached hydrogens (tertiary/aromatic N) is 1. The summed E-state index contributed by atoms with van der Waals surface area (Å²) in [7, 11) is 0. The van der Waals surface area contributed by atoms with Gasteiger partial charge in [-0.1, -0.05) is 28.8 Å². The van der Waals surface area contributed by atoms with Crippen LogP contribution < -0.4 is 15.0 Å². The minimum atomic E-state index is -4.34. The van der Waals surface area contributed by atoms with Gasteiger partial charge in [0.1, 0.15) is 12.3 Å². The lowest BCUT2D eigenvalue weighted by Crippen LogP contribution is -2.52. The number of hydrogen-bond donors (Lipinski definition) is 1. The summed E-state index contributed by atoms with van der Waals surface area (Å²) in [5, 5.41) is 2.48.